The Bertz CT molecular complexity index is 1240. The Morgan fingerprint density at radius 2 is 1.67 bits per heavy atom. The van der Waals surface area contributed by atoms with Crippen molar-refractivity contribution in [1.29, 1.82) is 0 Å². The zero-order valence-corrected chi connectivity index (χ0v) is 18.0. The van der Waals surface area contributed by atoms with E-state index in [1.54, 1.807) is 47.1 Å². The van der Waals surface area contributed by atoms with Gasteiger partial charge in [-0.05, 0) is 61.0 Å². The van der Waals surface area contributed by atoms with E-state index in [4.69, 9.17) is 34.8 Å². The number of aromatic nitrogens is 3. The van der Waals surface area contributed by atoms with Crippen molar-refractivity contribution in [1.82, 2.24) is 14.8 Å². The molecule has 1 N–H and O–H groups in total. The number of halogens is 3. The number of rotatable bonds is 4. The molecule has 1 amide bonds. The van der Waals surface area contributed by atoms with Crippen LogP contribution in [-0.2, 0) is 0 Å². The summed E-state index contributed by atoms with van der Waals surface area (Å²) in [6.45, 7) is 1.91. The van der Waals surface area contributed by atoms with Gasteiger partial charge in [-0.3, -0.25) is 4.79 Å². The number of para-hydroxylation sites is 1. The van der Waals surface area contributed by atoms with E-state index in [1.807, 2.05) is 31.2 Å². The predicted molar refractivity (Wildman–Crippen MR) is 121 cm³/mol. The summed E-state index contributed by atoms with van der Waals surface area (Å²) in [5.41, 5.74) is 2.84. The van der Waals surface area contributed by atoms with E-state index in [-0.39, 0.29) is 5.82 Å². The van der Waals surface area contributed by atoms with Crippen LogP contribution in [0.15, 0.2) is 66.7 Å². The Labute approximate surface area is 188 Å². The first kappa shape index (κ1) is 20.4. The fourth-order valence-corrected chi connectivity index (χ4v) is 3.31. The molecule has 0 aliphatic heterocycles. The lowest BCUT2D eigenvalue weighted by Gasteiger charge is -2.07. The number of aryl methyl sites for hydroxylation is 1. The molecule has 0 bridgehead atoms. The molecule has 0 saturated heterocycles. The molecule has 0 unspecified atom stereocenters. The van der Waals surface area contributed by atoms with Gasteiger partial charge in [-0.2, -0.15) is 0 Å². The average Bonchev–Trinajstić information content (AvgIpc) is 3.18. The average molecular weight is 458 g/mol. The monoisotopic (exact) mass is 456 g/mol. The highest BCUT2D eigenvalue weighted by molar-refractivity contribution is 6.34. The first-order valence-corrected chi connectivity index (χ1v) is 10.1. The molecule has 0 radical (unpaired) electrons. The van der Waals surface area contributed by atoms with Crippen LogP contribution in [0.1, 0.15) is 16.2 Å². The summed E-state index contributed by atoms with van der Waals surface area (Å²) in [4.78, 5) is 17.3. The van der Waals surface area contributed by atoms with Gasteiger partial charge in [0.25, 0.3) is 5.91 Å². The van der Waals surface area contributed by atoms with E-state index >= 15 is 0 Å². The number of hydrogen-bond donors (Lipinski definition) is 1. The molecular formula is C22H15Cl3N4O. The van der Waals surface area contributed by atoms with Crippen LogP contribution >= 0.6 is 34.8 Å². The smallest absolute Gasteiger partial charge is 0.295 e. The summed E-state index contributed by atoms with van der Waals surface area (Å²) in [5.74, 6) is 0.00253. The van der Waals surface area contributed by atoms with Crippen molar-refractivity contribution in [2.45, 2.75) is 6.92 Å². The number of nitrogens with zero attached hydrogens (tertiary/aromatic N) is 3. The number of carbonyl (C=O) groups excluding carboxylic acids is 1. The maximum Gasteiger partial charge on any atom is 0.295 e. The van der Waals surface area contributed by atoms with Crippen molar-refractivity contribution in [3.05, 3.63) is 93.2 Å². The quantitative estimate of drug-likeness (QED) is 0.383. The molecule has 150 valence electrons. The van der Waals surface area contributed by atoms with Gasteiger partial charge in [-0.1, -0.05) is 53.0 Å². The lowest BCUT2D eigenvalue weighted by Crippen LogP contribution is -2.14. The number of hydrogen-bond acceptors (Lipinski definition) is 3. The molecule has 4 aromatic rings. The van der Waals surface area contributed by atoms with Crippen molar-refractivity contribution >= 4 is 46.4 Å². The zero-order chi connectivity index (χ0) is 21.3. The number of nitrogens with one attached hydrogen (secondary N) is 1. The van der Waals surface area contributed by atoms with E-state index in [9.17, 15) is 4.79 Å². The normalized spacial score (nSPS) is 10.8. The Balaban J connectivity index is 1.79. The summed E-state index contributed by atoms with van der Waals surface area (Å²) in [5, 5.41) is 8.79. The highest BCUT2D eigenvalue weighted by atomic mass is 35.5. The van der Waals surface area contributed by atoms with E-state index in [2.05, 4.69) is 15.4 Å². The summed E-state index contributed by atoms with van der Waals surface area (Å²) < 4.78 is 1.58. The molecule has 0 spiro atoms. The first-order chi connectivity index (χ1) is 14.4. The SMILES string of the molecule is Cc1ccc(-n2nc(C(=O)Nc3ccccc3Cl)nc2-c2ccc(Cl)cc2)cc1Cl. The minimum absolute atomic E-state index is 0.00318. The van der Waals surface area contributed by atoms with E-state index in [0.717, 1.165) is 11.1 Å². The summed E-state index contributed by atoms with van der Waals surface area (Å²) in [6, 6.07) is 19.6. The Kier molecular flexibility index (Phi) is 5.77. The largest absolute Gasteiger partial charge is 0.318 e. The van der Waals surface area contributed by atoms with Gasteiger partial charge in [0.2, 0.25) is 5.82 Å². The Hall–Kier alpha value is -2.86. The van der Waals surface area contributed by atoms with Crippen LogP contribution in [-0.4, -0.2) is 20.7 Å². The van der Waals surface area contributed by atoms with Crippen molar-refractivity contribution in [3.63, 3.8) is 0 Å². The molecular weight excluding hydrogens is 443 g/mol. The minimum atomic E-state index is -0.477. The van der Waals surface area contributed by atoms with Gasteiger partial charge in [-0.25, -0.2) is 9.67 Å². The molecule has 5 nitrogen and oxygen atoms in total. The predicted octanol–water partition coefficient (Wildman–Crippen LogP) is 6.46. The van der Waals surface area contributed by atoms with Crippen molar-refractivity contribution < 1.29 is 4.79 Å². The number of amides is 1. The molecule has 30 heavy (non-hydrogen) atoms. The molecule has 1 aromatic heterocycles. The van der Waals surface area contributed by atoms with Crippen LogP contribution < -0.4 is 5.32 Å². The molecule has 0 aliphatic rings. The maximum absolute atomic E-state index is 12.8. The van der Waals surface area contributed by atoms with E-state index < -0.39 is 5.91 Å². The van der Waals surface area contributed by atoms with Crippen LogP contribution in [0.5, 0.6) is 0 Å². The van der Waals surface area contributed by atoms with Gasteiger partial charge in [0, 0.05) is 15.6 Å². The third kappa shape index (κ3) is 4.19. The van der Waals surface area contributed by atoms with E-state index in [0.29, 0.717) is 32.3 Å². The number of carbonyl (C=O) groups is 1. The number of anilines is 1. The Morgan fingerprint density at radius 3 is 2.37 bits per heavy atom. The van der Waals surface area contributed by atoms with Gasteiger partial charge in [0.1, 0.15) is 0 Å². The second-order valence-electron chi connectivity index (χ2n) is 6.55. The van der Waals surface area contributed by atoms with Crippen molar-refractivity contribution in [3.8, 4) is 17.1 Å². The highest BCUT2D eigenvalue weighted by Crippen LogP contribution is 2.26. The van der Waals surface area contributed by atoms with Crippen LogP contribution in [0.4, 0.5) is 5.69 Å². The second-order valence-corrected chi connectivity index (χ2v) is 7.80. The van der Waals surface area contributed by atoms with Crippen LogP contribution in [0.3, 0.4) is 0 Å². The topological polar surface area (TPSA) is 59.8 Å². The first-order valence-electron chi connectivity index (χ1n) is 8.98. The minimum Gasteiger partial charge on any atom is -0.318 e. The maximum atomic E-state index is 12.8. The van der Waals surface area contributed by atoms with Crippen LogP contribution in [0, 0.1) is 6.92 Å². The van der Waals surface area contributed by atoms with E-state index in [1.165, 1.54) is 0 Å². The lowest BCUT2D eigenvalue weighted by molar-refractivity contribution is 0.101. The molecule has 0 atom stereocenters. The van der Waals surface area contributed by atoms with Crippen molar-refractivity contribution in [2.75, 3.05) is 5.32 Å². The standard InChI is InChI=1S/C22H15Cl3N4O/c1-13-6-11-16(12-18(13)25)29-21(14-7-9-15(23)10-8-14)27-20(28-29)22(30)26-19-5-3-2-4-17(19)24/h2-12H,1H3,(H,26,30). The summed E-state index contributed by atoms with van der Waals surface area (Å²) >= 11 is 18.5. The molecule has 0 saturated carbocycles. The molecule has 0 aliphatic carbocycles. The Morgan fingerprint density at radius 1 is 0.933 bits per heavy atom. The van der Waals surface area contributed by atoms with Gasteiger partial charge in [0.05, 0.1) is 16.4 Å². The lowest BCUT2D eigenvalue weighted by atomic mass is 10.2. The fraction of sp³-hybridized carbons (Fsp3) is 0.0455. The third-order valence-electron chi connectivity index (χ3n) is 4.43. The van der Waals surface area contributed by atoms with Crippen molar-refractivity contribution in [2.24, 2.45) is 0 Å². The summed E-state index contributed by atoms with van der Waals surface area (Å²) in [7, 11) is 0. The fourth-order valence-electron chi connectivity index (χ4n) is 2.83. The van der Waals surface area contributed by atoms with Crippen LogP contribution in [0.2, 0.25) is 15.1 Å². The highest BCUT2D eigenvalue weighted by Gasteiger charge is 2.20. The third-order valence-corrected chi connectivity index (χ3v) is 5.42. The molecule has 0 fully saturated rings. The molecule has 8 heteroatoms. The second kappa shape index (κ2) is 8.48. The van der Waals surface area contributed by atoms with Crippen LogP contribution in [0.25, 0.3) is 17.1 Å². The van der Waals surface area contributed by atoms with Gasteiger partial charge < -0.3 is 5.32 Å². The van der Waals surface area contributed by atoms with Gasteiger partial charge >= 0.3 is 0 Å². The van der Waals surface area contributed by atoms with Gasteiger partial charge in [-0.15, -0.1) is 5.10 Å². The summed E-state index contributed by atoms with van der Waals surface area (Å²) in [6.07, 6.45) is 0. The van der Waals surface area contributed by atoms with Gasteiger partial charge in [0.15, 0.2) is 5.82 Å². The molecule has 3 aromatic carbocycles. The molecule has 1 heterocycles. The zero-order valence-electron chi connectivity index (χ0n) is 15.7. The number of benzene rings is 3. The molecule has 4 rings (SSSR count).